The Balaban J connectivity index is 2.12. The van der Waals surface area contributed by atoms with Crippen LogP contribution in [0.4, 0.5) is 0 Å². The quantitative estimate of drug-likeness (QED) is 0.606. The van der Waals surface area contributed by atoms with Crippen molar-refractivity contribution >= 4 is 40.8 Å². The molecule has 0 aliphatic carbocycles. The van der Waals surface area contributed by atoms with Crippen LogP contribution in [0.5, 0.6) is 11.5 Å². The zero-order valence-corrected chi connectivity index (χ0v) is 13.7. The first-order valence-corrected chi connectivity index (χ1v) is 7.69. The second-order valence-electron chi connectivity index (χ2n) is 4.39. The lowest BCUT2D eigenvalue weighted by atomic mass is 10.1. The number of rotatable bonds is 7. The minimum absolute atomic E-state index is 0.146. The summed E-state index contributed by atoms with van der Waals surface area (Å²) in [6, 6.07) is 8.29. The van der Waals surface area contributed by atoms with E-state index in [0.29, 0.717) is 20.7 Å². The Morgan fingerprint density at radius 3 is 2.65 bits per heavy atom. The van der Waals surface area contributed by atoms with Gasteiger partial charge in [-0.2, -0.15) is 0 Å². The lowest BCUT2D eigenvalue weighted by Gasteiger charge is -2.09. The van der Waals surface area contributed by atoms with Crippen molar-refractivity contribution in [1.29, 1.82) is 0 Å². The van der Waals surface area contributed by atoms with E-state index >= 15 is 0 Å². The number of carboxylic acid groups (broad SMARTS) is 1. The molecule has 0 bridgehead atoms. The van der Waals surface area contributed by atoms with Crippen molar-refractivity contribution in [3.8, 4) is 11.5 Å². The maximum atomic E-state index is 12.0. The molecule has 0 aliphatic rings. The van der Waals surface area contributed by atoms with Crippen LogP contribution in [0.1, 0.15) is 15.2 Å². The van der Waals surface area contributed by atoms with Crippen LogP contribution in [0, 0.1) is 0 Å². The smallest absolute Gasteiger partial charge is 0.341 e. The van der Waals surface area contributed by atoms with Gasteiger partial charge in [0.2, 0.25) is 0 Å². The highest BCUT2D eigenvalue weighted by Gasteiger charge is 2.08. The van der Waals surface area contributed by atoms with Gasteiger partial charge >= 0.3 is 5.97 Å². The fourth-order valence-corrected chi connectivity index (χ4v) is 2.71. The van der Waals surface area contributed by atoms with Crippen LogP contribution < -0.4 is 9.47 Å². The lowest BCUT2D eigenvalue weighted by Crippen LogP contribution is -2.10. The molecule has 120 valence electrons. The van der Waals surface area contributed by atoms with Crippen molar-refractivity contribution in [3.63, 3.8) is 0 Å². The normalized spacial score (nSPS) is 10.7. The Morgan fingerprint density at radius 1 is 1.26 bits per heavy atom. The van der Waals surface area contributed by atoms with Gasteiger partial charge in [0.25, 0.3) is 0 Å². The minimum Gasteiger partial charge on any atom is -0.493 e. The molecular formula is C16H13ClO5S. The largest absolute Gasteiger partial charge is 0.493 e. The summed E-state index contributed by atoms with van der Waals surface area (Å²) in [6.45, 7) is -0.455. The molecule has 0 atom stereocenters. The molecule has 0 radical (unpaired) electrons. The van der Waals surface area contributed by atoms with Crippen LogP contribution in [-0.4, -0.2) is 30.6 Å². The molecule has 0 saturated carbocycles. The van der Waals surface area contributed by atoms with E-state index in [4.69, 9.17) is 26.2 Å². The first-order valence-electron chi connectivity index (χ1n) is 6.50. The number of thiophene rings is 1. The van der Waals surface area contributed by atoms with Gasteiger partial charge in [-0.3, -0.25) is 4.79 Å². The van der Waals surface area contributed by atoms with E-state index in [1.807, 2.05) is 0 Å². The van der Waals surface area contributed by atoms with Crippen molar-refractivity contribution in [2.45, 2.75) is 0 Å². The van der Waals surface area contributed by atoms with Crippen molar-refractivity contribution in [2.24, 2.45) is 0 Å². The van der Waals surface area contributed by atoms with Gasteiger partial charge in [-0.1, -0.05) is 23.7 Å². The van der Waals surface area contributed by atoms with Gasteiger partial charge in [0, 0.05) is 0 Å². The zero-order valence-electron chi connectivity index (χ0n) is 12.1. The summed E-state index contributed by atoms with van der Waals surface area (Å²) in [5.41, 5.74) is 0.723. The highest BCUT2D eigenvalue weighted by atomic mass is 35.5. The predicted molar refractivity (Wildman–Crippen MR) is 88.8 cm³/mol. The first-order chi connectivity index (χ1) is 11.0. The number of methoxy groups -OCH3 is 1. The highest BCUT2D eigenvalue weighted by molar-refractivity contribution is 7.18. The van der Waals surface area contributed by atoms with Gasteiger partial charge in [-0.05, 0) is 35.9 Å². The number of carboxylic acids is 1. The summed E-state index contributed by atoms with van der Waals surface area (Å²) >= 11 is 7.02. The third-order valence-electron chi connectivity index (χ3n) is 2.78. The van der Waals surface area contributed by atoms with Gasteiger partial charge in [0.05, 0.1) is 16.3 Å². The number of carbonyl (C=O) groups excluding carboxylic acids is 1. The Hall–Kier alpha value is -2.31. The zero-order chi connectivity index (χ0) is 16.8. The molecule has 5 nitrogen and oxygen atoms in total. The molecular weight excluding hydrogens is 340 g/mol. The number of carbonyl (C=O) groups is 2. The fourth-order valence-electron chi connectivity index (χ4n) is 1.75. The molecule has 1 heterocycles. The number of ketones is 1. The molecule has 0 unspecified atom stereocenters. The second kappa shape index (κ2) is 7.80. The summed E-state index contributed by atoms with van der Waals surface area (Å²) < 4.78 is 10.8. The molecule has 1 aromatic carbocycles. The maximum Gasteiger partial charge on any atom is 0.341 e. The van der Waals surface area contributed by atoms with Crippen molar-refractivity contribution in [3.05, 3.63) is 51.2 Å². The van der Waals surface area contributed by atoms with Crippen LogP contribution in [0.2, 0.25) is 4.34 Å². The number of benzene rings is 1. The SMILES string of the molecule is COc1cc(/C=C/C(=O)c2ccc(Cl)s2)ccc1OCC(=O)O. The average molecular weight is 353 g/mol. The maximum absolute atomic E-state index is 12.0. The van der Waals surface area contributed by atoms with Crippen LogP contribution >= 0.6 is 22.9 Å². The number of allylic oxidation sites excluding steroid dienone is 1. The van der Waals surface area contributed by atoms with E-state index in [1.165, 1.54) is 24.5 Å². The van der Waals surface area contributed by atoms with E-state index in [9.17, 15) is 9.59 Å². The predicted octanol–water partition coefficient (Wildman–Crippen LogP) is 3.77. The topological polar surface area (TPSA) is 72.8 Å². The van der Waals surface area contributed by atoms with Crippen LogP contribution in [-0.2, 0) is 4.79 Å². The van der Waals surface area contributed by atoms with Gasteiger partial charge < -0.3 is 14.6 Å². The fraction of sp³-hybridized carbons (Fsp3) is 0.125. The van der Waals surface area contributed by atoms with Crippen molar-refractivity contribution < 1.29 is 24.2 Å². The molecule has 7 heteroatoms. The summed E-state index contributed by atoms with van der Waals surface area (Å²) in [7, 11) is 1.45. The van der Waals surface area contributed by atoms with Gasteiger partial charge in [-0.25, -0.2) is 4.79 Å². The minimum atomic E-state index is -1.07. The molecule has 23 heavy (non-hydrogen) atoms. The number of ether oxygens (including phenoxy) is 2. The Kier molecular flexibility index (Phi) is 5.78. The molecule has 2 aromatic rings. The van der Waals surface area contributed by atoms with Crippen molar-refractivity contribution in [1.82, 2.24) is 0 Å². The molecule has 2 rings (SSSR count). The van der Waals surface area contributed by atoms with E-state index < -0.39 is 12.6 Å². The van der Waals surface area contributed by atoms with Gasteiger partial charge in [0.15, 0.2) is 23.9 Å². The second-order valence-corrected chi connectivity index (χ2v) is 6.11. The molecule has 0 fully saturated rings. The lowest BCUT2D eigenvalue weighted by molar-refractivity contribution is -0.139. The summed E-state index contributed by atoms with van der Waals surface area (Å²) in [5, 5.41) is 8.63. The number of aliphatic carboxylic acids is 1. The highest BCUT2D eigenvalue weighted by Crippen LogP contribution is 2.29. The molecule has 1 N–H and O–H groups in total. The Labute approximate surface area is 141 Å². The summed E-state index contributed by atoms with van der Waals surface area (Å²) in [6.07, 6.45) is 3.08. The standard InChI is InChI=1S/C16H13ClO5S/c1-21-13-8-10(3-5-12(13)22-9-16(19)20)2-4-11(18)14-6-7-15(17)23-14/h2-8H,9H2,1H3,(H,19,20)/b4-2+. The molecule has 0 amide bonds. The first kappa shape index (κ1) is 17.1. The Morgan fingerprint density at radius 2 is 2.04 bits per heavy atom. The number of hydrogen-bond acceptors (Lipinski definition) is 5. The average Bonchev–Trinajstić information content (AvgIpc) is 2.97. The monoisotopic (exact) mass is 352 g/mol. The van der Waals surface area contributed by atoms with Gasteiger partial charge in [0.1, 0.15) is 0 Å². The van der Waals surface area contributed by atoms with Crippen LogP contribution in [0.3, 0.4) is 0 Å². The third kappa shape index (κ3) is 4.84. The molecule has 1 aromatic heterocycles. The molecule has 0 aliphatic heterocycles. The number of halogens is 1. The van der Waals surface area contributed by atoms with Gasteiger partial charge in [-0.15, -0.1) is 11.3 Å². The van der Waals surface area contributed by atoms with Crippen molar-refractivity contribution in [2.75, 3.05) is 13.7 Å². The summed E-state index contributed by atoms with van der Waals surface area (Å²) in [4.78, 5) is 23.1. The Bertz CT molecular complexity index is 751. The summed E-state index contributed by atoms with van der Waals surface area (Å²) in [5.74, 6) is -0.508. The van der Waals surface area contributed by atoms with E-state index in [1.54, 1.807) is 36.4 Å². The van der Waals surface area contributed by atoms with Crippen LogP contribution in [0.15, 0.2) is 36.4 Å². The molecule has 0 saturated heterocycles. The van der Waals surface area contributed by atoms with E-state index in [0.717, 1.165) is 5.56 Å². The number of hydrogen-bond donors (Lipinski definition) is 1. The van der Waals surface area contributed by atoms with E-state index in [-0.39, 0.29) is 5.78 Å². The third-order valence-corrected chi connectivity index (χ3v) is 4.03. The molecule has 0 spiro atoms. The van der Waals surface area contributed by atoms with E-state index in [2.05, 4.69) is 0 Å². The van der Waals surface area contributed by atoms with Crippen LogP contribution in [0.25, 0.3) is 6.08 Å².